The molecule has 2 aromatic carbocycles. The van der Waals surface area contributed by atoms with Crippen LogP contribution in [0.4, 0.5) is 11.8 Å². The maximum Gasteiger partial charge on any atom is 0.258 e. The number of hydrogen-bond donors (Lipinski definition) is 4. The van der Waals surface area contributed by atoms with Crippen LogP contribution in [0, 0.1) is 6.92 Å². The van der Waals surface area contributed by atoms with E-state index in [4.69, 9.17) is 11.5 Å². The number of nitrogens with zero attached hydrogens (tertiary/aromatic N) is 3. The maximum atomic E-state index is 12.8. The van der Waals surface area contributed by atoms with E-state index in [-0.39, 0.29) is 29.9 Å². The molecule has 1 amide bonds. The van der Waals surface area contributed by atoms with Gasteiger partial charge in [-0.15, -0.1) is 0 Å². The summed E-state index contributed by atoms with van der Waals surface area (Å²) in [5, 5.41) is 7.31. The predicted molar refractivity (Wildman–Crippen MR) is 134 cm³/mol. The quantitative estimate of drug-likeness (QED) is 0.338. The molecule has 172 valence electrons. The van der Waals surface area contributed by atoms with Gasteiger partial charge in [-0.05, 0) is 56.0 Å². The molecule has 0 aliphatic heterocycles. The minimum absolute atomic E-state index is 0.0197. The molecule has 4 rings (SSSR count). The highest BCUT2D eigenvalue weighted by Crippen LogP contribution is 2.29. The van der Waals surface area contributed by atoms with E-state index >= 15 is 0 Å². The van der Waals surface area contributed by atoms with Crippen LogP contribution >= 0.6 is 0 Å². The van der Waals surface area contributed by atoms with Gasteiger partial charge in [0.15, 0.2) is 5.96 Å². The topological polar surface area (TPSA) is 131 Å². The number of aryl methyl sites for hydroxylation is 2. The second kappa shape index (κ2) is 9.85. The van der Waals surface area contributed by atoms with Gasteiger partial charge in [-0.25, -0.2) is 9.98 Å². The molecule has 0 bridgehead atoms. The number of fused-ring (bicyclic) bond motifs is 1. The molecule has 0 saturated heterocycles. The van der Waals surface area contributed by atoms with Crippen molar-refractivity contribution in [2.24, 2.45) is 16.5 Å². The second-order valence-electron chi connectivity index (χ2n) is 8.58. The van der Waals surface area contributed by atoms with Crippen molar-refractivity contribution >= 4 is 34.5 Å². The fourth-order valence-corrected chi connectivity index (χ4v) is 4.27. The number of aliphatic imine (C=N–C) groups is 1. The van der Waals surface area contributed by atoms with E-state index in [9.17, 15) is 4.79 Å². The lowest BCUT2D eigenvalue weighted by Gasteiger charge is -2.30. The first kappa shape index (κ1) is 22.5. The first-order valence-electron chi connectivity index (χ1n) is 11.5. The smallest absolute Gasteiger partial charge is 0.258 e. The maximum absolute atomic E-state index is 12.8. The van der Waals surface area contributed by atoms with Gasteiger partial charge in [0.05, 0.1) is 17.6 Å². The van der Waals surface area contributed by atoms with Gasteiger partial charge < -0.3 is 16.8 Å². The van der Waals surface area contributed by atoms with Crippen LogP contribution in [0.3, 0.4) is 0 Å². The molecule has 33 heavy (non-hydrogen) atoms. The number of carbonyl (C=O) groups excluding carboxylic acids is 1. The number of rotatable bonds is 6. The number of amides is 1. The fourth-order valence-electron chi connectivity index (χ4n) is 4.27. The molecule has 0 radical (unpaired) electrons. The van der Waals surface area contributed by atoms with Crippen molar-refractivity contribution in [3.05, 3.63) is 59.2 Å². The Labute approximate surface area is 193 Å². The van der Waals surface area contributed by atoms with Crippen LogP contribution < -0.4 is 22.1 Å². The molecule has 1 fully saturated rings. The molecule has 2 atom stereocenters. The lowest BCUT2D eigenvalue weighted by atomic mass is 9.90. The highest BCUT2D eigenvalue weighted by molar-refractivity contribution is 6.04. The highest BCUT2D eigenvalue weighted by atomic mass is 16.1. The van der Waals surface area contributed by atoms with E-state index in [1.807, 2.05) is 49.4 Å². The number of guanidine groups is 1. The van der Waals surface area contributed by atoms with Gasteiger partial charge in [0.2, 0.25) is 5.95 Å². The van der Waals surface area contributed by atoms with Crippen molar-refractivity contribution in [2.75, 3.05) is 10.6 Å². The van der Waals surface area contributed by atoms with Crippen LogP contribution in [-0.2, 0) is 6.42 Å². The lowest BCUT2D eigenvalue weighted by Crippen LogP contribution is -2.38. The summed E-state index contributed by atoms with van der Waals surface area (Å²) < 4.78 is 0. The Kier molecular flexibility index (Phi) is 6.72. The molecule has 8 nitrogen and oxygen atoms in total. The van der Waals surface area contributed by atoms with Gasteiger partial charge in [-0.1, -0.05) is 43.5 Å². The summed E-state index contributed by atoms with van der Waals surface area (Å²) in [5.41, 5.74) is 14.9. The number of aromatic nitrogens is 2. The third-order valence-electron chi connectivity index (χ3n) is 6.07. The van der Waals surface area contributed by atoms with Gasteiger partial charge in [0.25, 0.3) is 5.91 Å². The summed E-state index contributed by atoms with van der Waals surface area (Å²) in [6.07, 6.45) is 4.94. The summed E-state index contributed by atoms with van der Waals surface area (Å²) in [5.74, 6) is 0.779. The van der Waals surface area contributed by atoms with Crippen LogP contribution in [0.25, 0.3) is 10.9 Å². The zero-order chi connectivity index (χ0) is 23.4. The molecule has 0 unspecified atom stereocenters. The largest absolute Gasteiger partial charge is 0.370 e. The molecule has 3 aromatic rings. The molecule has 1 heterocycles. The van der Waals surface area contributed by atoms with Crippen molar-refractivity contribution in [3.8, 4) is 0 Å². The fraction of sp³-hybridized carbons (Fsp3) is 0.360. The van der Waals surface area contributed by atoms with Crippen LogP contribution in [0.2, 0.25) is 0 Å². The summed E-state index contributed by atoms with van der Waals surface area (Å²) >= 11 is 0. The van der Waals surface area contributed by atoms with Gasteiger partial charge in [-0.3, -0.25) is 10.1 Å². The van der Waals surface area contributed by atoms with E-state index in [0.29, 0.717) is 11.4 Å². The van der Waals surface area contributed by atoms with Gasteiger partial charge >= 0.3 is 0 Å². The first-order chi connectivity index (χ1) is 15.9. The molecular weight excluding hydrogens is 414 g/mol. The molecule has 8 heteroatoms. The second-order valence-corrected chi connectivity index (χ2v) is 8.58. The number of carbonyl (C=O) groups is 1. The van der Waals surface area contributed by atoms with E-state index in [2.05, 4.69) is 32.5 Å². The van der Waals surface area contributed by atoms with E-state index in [1.165, 1.54) is 5.56 Å². The Bertz CT molecular complexity index is 1170. The zero-order valence-electron chi connectivity index (χ0n) is 19.1. The number of anilines is 2. The number of nitrogens with one attached hydrogen (secondary N) is 2. The minimum atomic E-state index is -0.244. The Morgan fingerprint density at radius 2 is 1.85 bits per heavy atom. The number of hydrogen-bond acceptors (Lipinski definition) is 5. The molecule has 1 aliphatic rings. The van der Waals surface area contributed by atoms with Crippen LogP contribution in [0.5, 0.6) is 0 Å². The Hall–Kier alpha value is -3.68. The average Bonchev–Trinajstić information content (AvgIpc) is 2.80. The number of nitrogens with two attached hydrogens (primary N) is 2. The van der Waals surface area contributed by atoms with Crippen LogP contribution in [-0.4, -0.2) is 33.9 Å². The summed E-state index contributed by atoms with van der Waals surface area (Å²) in [6.45, 7) is 4.11. The summed E-state index contributed by atoms with van der Waals surface area (Å²) in [7, 11) is 0. The summed E-state index contributed by atoms with van der Waals surface area (Å²) in [6, 6.07) is 13.6. The zero-order valence-corrected chi connectivity index (χ0v) is 19.1. The Morgan fingerprint density at radius 3 is 2.58 bits per heavy atom. The van der Waals surface area contributed by atoms with Gasteiger partial charge in [-0.2, -0.15) is 4.98 Å². The molecule has 1 aromatic heterocycles. The average molecular weight is 446 g/mol. The van der Waals surface area contributed by atoms with Crippen LogP contribution in [0.15, 0.2) is 47.5 Å². The molecule has 0 spiro atoms. The molecular formula is C25H31N7O. The van der Waals surface area contributed by atoms with E-state index in [0.717, 1.165) is 48.6 Å². The van der Waals surface area contributed by atoms with Gasteiger partial charge in [0, 0.05) is 10.9 Å². The van der Waals surface area contributed by atoms with E-state index < -0.39 is 0 Å². The highest BCUT2D eigenvalue weighted by Gasteiger charge is 2.26. The standard InChI is InChI=1S/C25H31N7O/c1-3-16-9-11-17(12-10-16)23(33)32-25-30-19-13-8-15(2)14-18(19)22(31-25)28-20-6-4-5-7-21(20)29-24(26)27/h8-14,20-21H,3-7H2,1-2H3,(H4,26,27,29)(H2,28,30,31,32,33)/t20-,21+/m0/s1. The predicted octanol–water partition coefficient (Wildman–Crippen LogP) is 3.75. The van der Waals surface area contributed by atoms with Crippen molar-refractivity contribution in [1.29, 1.82) is 0 Å². The monoisotopic (exact) mass is 445 g/mol. The van der Waals surface area contributed by atoms with Crippen molar-refractivity contribution in [1.82, 2.24) is 9.97 Å². The Morgan fingerprint density at radius 1 is 1.09 bits per heavy atom. The van der Waals surface area contributed by atoms with Crippen molar-refractivity contribution < 1.29 is 4.79 Å². The van der Waals surface area contributed by atoms with Crippen LogP contribution in [0.1, 0.15) is 54.1 Å². The molecule has 1 saturated carbocycles. The molecule has 1 aliphatic carbocycles. The summed E-state index contributed by atoms with van der Waals surface area (Å²) in [4.78, 5) is 26.5. The third-order valence-corrected chi connectivity index (χ3v) is 6.07. The normalized spacial score (nSPS) is 18.0. The first-order valence-corrected chi connectivity index (χ1v) is 11.5. The van der Waals surface area contributed by atoms with E-state index in [1.54, 1.807) is 0 Å². The third kappa shape index (κ3) is 5.39. The Balaban J connectivity index is 1.65. The minimum Gasteiger partial charge on any atom is -0.370 e. The lowest BCUT2D eigenvalue weighted by molar-refractivity contribution is 0.102. The van der Waals surface area contributed by atoms with Gasteiger partial charge in [0.1, 0.15) is 5.82 Å². The molecule has 6 N–H and O–H groups in total. The number of benzene rings is 2. The SMILES string of the molecule is CCc1ccc(C(=O)Nc2nc(N[C@H]3CCCC[C@H]3N=C(N)N)c3cc(C)ccc3n2)cc1. The van der Waals surface area contributed by atoms with Crippen molar-refractivity contribution in [2.45, 2.75) is 58.0 Å². The van der Waals surface area contributed by atoms with Crippen molar-refractivity contribution in [3.63, 3.8) is 0 Å².